The van der Waals surface area contributed by atoms with Gasteiger partial charge in [0.25, 0.3) is 0 Å². The van der Waals surface area contributed by atoms with E-state index in [1.807, 2.05) is 0 Å². The van der Waals surface area contributed by atoms with E-state index in [9.17, 15) is 13.6 Å². The molecule has 2 rings (SSSR count). The number of allylic oxidation sites excluding steroid dienone is 2. The lowest BCUT2D eigenvalue weighted by atomic mass is 9.80. The highest BCUT2D eigenvalue weighted by Gasteiger charge is 2.42. The first-order valence-corrected chi connectivity index (χ1v) is 8.47. The maximum absolute atomic E-state index is 14.3. The van der Waals surface area contributed by atoms with Gasteiger partial charge < -0.3 is 4.74 Å². The van der Waals surface area contributed by atoms with E-state index < -0.39 is 18.0 Å². The van der Waals surface area contributed by atoms with Crippen LogP contribution in [0.5, 0.6) is 0 Å². The van der Waals surface area contributed by atoms with E-state index in [-0.39, 0.29) is 5.92 Å². The second-order valence-electron chi connectivity index (χ2n) is 6.48. The Morgan fingerprint density at radius 1 is 1.23 bits per heavy atom. The monoisotopic (exact) mass is 312 g/mol. The molecule has 1 saturated carbocycles. The molecule has 0 N–H and O–H groups in total. The van der Waals surface area contributed by atoms with Crippen LogP contribution in [0.15, 0.2) is 24.3 Å². The summed E-state index contributed by atoms with van der Waals surface area (Å²) in [7, 11) is 0. The minimum Gasteiger partial charge on any atom is -0.421 e. The zero-order valence-electron chi connectivity index (χ0n) is 13.3. The lowest BCUT2D eigenvalue weighted by molar-refractivity contribution is -0.186. The van der Waals surface area contributed by atoms with Gasteiger partial charge in [0.2, 0.25) is 0 Å². The van der Waals surface area contributed by atoms with Crippen molar-refractivity contribution in [2.24, 2.45) is 11.8 Å². The molecule has 0 radical (unpaired) electrons. The number of carbonyl (C=O) groups is 1. The Morgan fingerprint density at radius 3 is 2.59 bits per heavy atom. The third-order valence-corrected chi connectivity index (χ3v) is 4.74. The topological polar surface area (TPSA) is 26.3 Å². The molecule has 0 aromatic heterocycles. The van der Waals surface area contributed by atoms with E-state index in [0.717, 1.165) is 37.8 Å². The largest absolute Gasteiger partial charge is 0.421 e. The van der Waals surface area contributed by atoms with E-state index in [4.69, 9.17) is 4.74 Å². The Bertz CT molecular complexity index is 425. The van der Waals surface area contributed by atoms with Crippen LogP contribution in [0.1, 0.15) is 58.3 Å². The molecule has 22 heavy (non-hydrogen) atoms. The molecule has 2 aliphatic carbocycles. The predicted molar refractivity (Wildman–Crippen MR) is 82.7 cm³/mol. The maximum Gasteiger partial charge on any atom is 0.312 e. The quantitative estimate of drug-likeness (QED) is 0.507. The van der Waals surface area contributed by atoms with Crippen LogP contribution in [-0.2, 0) is 9.53 Å². The lowest BCUT2D eigenvalue weighted by Gasteiger charge is -2.31. The smallest absolute Gasteiger partial charge is 0.312 e. The molecule has 0 spiro atoms. The van der Waals surface area contributed by atoms with Gasteiger partial charge in [-0.1, -0.05) is 44.8 Å². The zero-order valence-corrected chi connectivity index (χ0v) is 13.3. The average Bonchev–Trinajstić information content (AvgIpc) is 2.51. The van der Waals surface area contributed by atoms with Gasteiger partial charge in [-0.15, -0.1) is 0 Å². The van der Waals surface area contributed by atoms with Gasteiger partial charge in [0.15, 0.2) is 6.17 Å². The molecule has 2 atom stereocenters. The van der Waals surface area contributed by atoms with Crippen LogP contribution in [0.4, 0.5) is 8.78 Å². The number of alkyl halides is 2. The van der Waals surface area contributed by atoms with Gasteiger partial charge in [0.1, 0.15) is 0 Å². The Balaban J connectivity index is 1.78. The Kier molecular flexibility index (Phi) is 6.16. The second-order valence-corrected chi connectivity index (χ2v) is 6.48. The molecule has 0 heterocycles. The summed E-state index contributed by atoms with van der Waals surface area (Å²) >= 11 is 0. The summed E-state index contributed by atoms with van der Waals surface area (Å²) in [5, 5.41) is 0. The lowest BCUT2D eigenvalue weighted by Crippen LogP contribution is -2.40. The fraction of sp³-hybridized carbons (Fsp3) is 0.722. The van der Waals surface area contributed by atoms with Crippen LogP contribution in [-0.4, -0.2) is 18.0 Å². The van der Waals surface area contributed by atoms with Gasteiger partial charge in [-0.05, 0) is 43.8 Å². The van der Waals surface area contributed by atoms with E-state index in [1.54, 1.807) is 0 Å². The highest BCUT2D eigenvalue weighted by molar-refractivity contribution is 5.73. The summed E-state index contributed by atoms with van der Waals surface area (Å²) in [5.74, 6) is -2.86. The molecule has 0 aliphatic heterocycles. The molecule has 2 aliphatic rings. The first-order chi connectivity index (χ1) is 10.5. The van der Waals surface area contributed by atoms with Crippen molar-refractivity contribution in [3.63, 3.8) is 0 Å². The predicted octanol–water partition coefficient (Wildman–Crippen LogP) is 5.05. The van der Waals surface area contributed by atoms with Gasteiger partial charge in [-0.25, -0.2) is 4.39 Å². The first-order valence-electron chi connectivity index (χ1n) is 8.47. The fourth-order valence-electron chi connectivity index (χ4n) is 3.27. The molecule has 124 valence electrons. The van der Waals surface area contributed by atoms with Crippen LogP contribution in [0.25, 0.3) is 0 Å². The Labute approximate surface area is 131 Å². The molecule has 0 amide bonds. The SMILES string of the molecule is CCCCCC1CCC(C(=O)OC2(F)C=CC=CC2F)CC1. The van der Waals surface area contributed by atoms with Gasteiger partial charge >= 0.3 is 11.8 Å². The summed E-state index contributed by atoms with van der Waals surface area (Å²) in [6.07, 6.45) is 11.2. The third-order valence-electron chi connectivity index (χ3n) is 4.74. The van der Waals surface area contributed by atoms with Crippen molar-refractivity contribution in [1.82, 2.24) is 0 Å². The van der Waals surface area contributed by atoms with E-state index in [2.05, 4.69) is 6.92 Å². The number of unbranched alkanes of at least 4 members (excludes halogenated alkanes) is 2. The molecule has 1 fully saturated rings. The summed E-state index contributed by atoms with van der Waals surface area (Å²) < 4.78 is 32.7. The molecular formula is C18H26F2O2. The van der Waals surface area contributed by atoms with Crippen molar-refractivity contribution >= 4 is 5.97 Å². The van der Waals surface area contributed by atoms with Gasteiger partial charge in [-0.3, -0.25) is 4.79 Å². The summed E-state index contributed by atoms with van der Waals surface area (Å²) in [6.45, 7) is 2.19. The van der Waals surface area contributed by atoms with Gasteiger partial charge in [-0.2, -0.15) is 4.39 Å². The number of halogens is 2. The molecule has 0 aromatic carbocycles. The summed E-state index contributed by atoms with van der Waals surface area (Å²) in [5.41, 5.74) is 0. The minimum atomic E-state index is -2.64. The highest BCUT2D eigenvalue weighted by atomic mass is 19.2. The standard InChI is InChI=1S/C18H26F2O2/c1-2-3-4-7-14-9-11-15(12-10-14)17(21)22-18(20)13-6-5-8-16(18)19/h5-6,8,13-16H,2-4,7,9-12H2,1H3. The molecule has 4 heteroatoms. The Morgan fingerprint density at radius 2 is 1.95 bits per heavy atom. The van der Waals surface area contributed by atoms with Crippen molar-refractivity contribution in [2.45, 2.75) is 70.3 Å². The number of esters is 1. The molecule has 0 saturated heterocycles. The molecule has 2 nitrogen and oxygen atoms in total. The fourth-order valence-corrected chi connectivity index (χ4v) is 3.27. The average molecular weight is 312 g/mol. The highest BCUT2D eigenvalue weighted by Crippen LogP contribution is 2.35. The minimum absolute atomic E-state index is 0.290. The Hall–Kier alpha value is -1.19. The third kappa shape index (κ3) is 4.40. The molecular weight excluding hydrogens is 286 g/mol. The van der Waals surface area contributed by atoms with Crippen LogP contribution in [0.3, 0.4) is 0 Å². The van der Waals surface area contributed by atoms with Gasteiger partial charge in [0.05, 0.1) is 5.92 Å². The zero-order chi connectivity index (χ0) is 16.0. The van der Waals surface area contributed by atoms with E-state index in [0.29, 0.717) is 5.92 Å². The van der Waals surface area contributed by atoms with Crippen molar-refractivity contribution < 1.29 is 18.3 Å². The van der Waals surface area contributed by atoms with E-state index >= 15 is 0 Å². The van der Waals surface area contributed by atoms with Crippen LogP contribution in [0.2, 0.25) is 0 Å². The van der Waals surface area contributed by atoms with Crippen molar-refractivity contribution in [3.05, 3.63) is 24.3 Å². The van der Waals surface area contributed by atoms with E-state index in [1.165, 1.54) is 37.8 Å². The summed E-state index contributed by atoms with van der Waals surface area (Å²) in [4.78, 5) is 12.1. The van der Waals surface area contributed by atoms with Crippen LogP contribution >= 0.6 is 0 Å². The number of hydrogen-bond donors (Lipinski definition) is 0. The number of rotatable bonds is 6. The van der Waals surface area contributed by atoms with Crippen molar-refractivity contribution in [2.75, 3.05) is 0 Å². The van der Waals surface area contributed by atoms with Crippen molar-refractivity contribution in [3.8, 4) is 0 Å². The maximum atomic E-state index is 14.3. The molecule has 0 aromatic rings. The van der Waals surface area contributed by atoms with Crippen LogP contribution < -0.4 is 0 Å². The number of hydrogen-bond acceptors (Lipinski definition) is 2. The normalized spacial score (nSPS) is 34.6. The van der Waals surface area contributed by atoms with Gasteiger partial charge in [0, 0.05) is 0 Å². The number of carbonyl (C=O) groups excluding carboxylic acids is 1. The second kappa shape index (κ2) is 7.89. The van der Waals surface area contributed by atoms with Crippen LogP contribution in [0, 0.1) is 11.8 Å². The summed E-state index contributed by atoms with van der Waals surface area (Å²) in [6, 6.07) is 0. The molecule has 0 bridgehead atoms. The van der Waals surface area contributed by atoms with Crippen molar-refractivity contribution in [1.29, 1.82) is 0 Å². The first kappa shape index (κ1) is 17.2. The molecule has 2 unspecified atom stereocenters. The number of ether oxygens (including phenoxy) is 1.